The molecule has 0 atom stereocenters. The number of nitrogens with two attached hydrogens (primary N) is 1. The lowest BCUT2D eigenvalue weighted by Crippen LogP contribution is -2.29. The Balaban J connectivity index is 2.06. The molecule has 0 saturated heterocycles. The highest BCUT2D eigenvalue weighted by atomic mass is 19.1. The molecule has 0 bridgehead atoms. The van der Waals surface area contributed by atoms with Crippen molar-refractivity contribution in [3.05, 3.63) is 30.1 Å². The van der Waals surface area contributed by atoms with Crippen LogP contribution < -0.4 is 10.6 Å². The first kappa shape index (κ1) is 11.4. The third kappa shape index (κ3) is 2.95. The second kappa shape index (κ2) is 5.30. The van der Waals surface area contributed by atoms with Crippen molar-refractivity contribution in [2.45, 2.75) is 19.3 Å². The first-order chi connectivity index (χ1) is 7.81. The predicted octanol–water partition coefficient (Wildman–Crippen LogP) is 2.39. The van der Waals surface area contributed by atoms with Crippen LogP contribution in [-0.2, 0) is 0 Å². The molecule has 1 aliphatic rings. The molecule has 0 spiro atoms. The fourth-order valence-corrected chi connectivity index (χ4v) is 1.91. The highest BCUT2D eigenvalue weighted by molar-refractivity contribution is 5.47. The van der Waals surface area contributed by atoms with Crippen molar-refractivity contribution in [2.24, 2.45) is 11.7 Å². The zero-order chi connectivity index (χ0) is 11.4. The molecule has 2 N–H and O–H groups in total. The maximum Gasteiger partial charge on any atom is 0.146 e. The lowest BCUT2D eigenvalue weighted by molar-refractivity contribution is 0.606. The Hall–Kier alpha value is -1.09. The molecule has 0 aromatic heterocycles. The molecule has 0 heterocycles. The van der Waals surface area contributed by atoms with Crippen molar-refractivity contribution >= 4 is 5.69 Å². The van der Waals surface area contributed by atoms with E-state index in [0.717, 1.165) is 31.1 Å². The van der Waals surface area contributed by atoms with Gasteiger partial charge in [0.1, 0.15) is 5.82 Å². The summed E-state index contributed by atoms with van der Waals surface area (Å²) < 4.78 is 13.7. The van der Waals surface area contributed by atoms with E-state index in [1.165, 1.54) is 18.9 Å². The van der Waals surface area contributed by atoms with E-state index in [-0.39, 0.29) is 5.82 Å². The number of hydrogen-bond acceptors (Lipinski definition) is 2. The van der Waals surface area contributed by atoms with Gasteiger partial charge in [0.15, 0.2) is 0 Å². The summed E-state index contributed by atoms with van der Waals surface area (Å²) in [5, 5.41) is 0. The fraction of sp³-hybridized carbons (Fsp3) is 0.538. The molecule has 1 aromatic rings. The monoisotopic (exact) mass is 222 g/mol. The van der Waals surface area contributed by atoms with Gasteiger partial charge in [0.25, 0.3) is 0 Å². The van der Waals surface area contributed by atoms with Crippen molar-refractivity contribution in [2.75, 3.05) is 24.5 Å². The molecule has 1 aromatic carbocycles. The van der Waals surface area contributed by atoms with Crippen LogP contribution in [0.15, 0.2) is 24.3 Å². The molecule has 0 radical (unpaired) electrons. The van der Waals surface area contributed by atoms with Crippen LogP contribution in [-0.4, -0.2) is 19.6 Å². The molecule has 16 heavy (non-hydrogen) atoms. The van der Waals surface area contributed by atoms with Gasteiger partial charge in [-0.05, 0) is 43.9 Å². The minimum absolute atomic E-state index is 0.125. The zero-order valence-corrected chi connectivity index (χ0v) is 9.53. The van der Waals surface area contributed by atoms with Gasteiger partial charge in [-0.15, -0.1) is 0 Å². The molecule has 1 fully saturated rings. The number of hydrogen-bond donors (Lipinski definition) is 1. The molecular formula is C13H19FN2. The molecule has 0 unspecified atom stereocenters. The van der Waals surface area contributed by atoms with Crippen LogP contribution >= 0.6 is 0 Å². The summed E-state index contributed by atoms with van der Waals surface area (Å²) in [4.78, 5) is 2.14. The second-order valence-corrected chi connectivity index (χ2v) is 4.48. The molecule has 0 aliphatic heterocycles. The maximum absolute atomic E-state index is 13.7. The second-order valence-electron chi connectivity index (χ2n) is 4.48. The number of anilines is 1. The molecular weight excluding hydrogens is 203 g/mol. The normalized spacial score (nSPS) is 15.1. The lowest BCUT2D eigenvalue weighted by atomic mass is 10.2. The molecule has 1 saturated carbocycles. The van der Waals surface area contributed by atoms with Crippen LogP contribution in [0.2, 0.25) is 0 Å². The van der Waals surface area contributed by atoms with Crippen molar-refractivity contribution in [1.29, 1.82) is 0 Å². The minimum atomic E-state index is -0.125. The van der Waals surface area contributed by atoms with Crippen molar-refractivity contribution in [3.63, 3.8) is 0 Å². The summed E-state index contributed by atoms with van der Waals surface area (Å²) in [7, 11) is 0. The Morgan fingerprint density at radius 1 is 1.31 bits per heavy atom. The van der Waals surface area contributed by atoms with Crippen LogP contribution in [0.4, 0.5) is 10.1 Å². The molecule has 2 rings (SSSR count). The van der Waals surface area contributed by atoms with Crippen molar-refractivity contribution in [1.82, 2.24) is 0 Å². The summed E-state index contributed by atoms with van der Waals surface area (Å²) in [6.07, 6.45) is 3.49. The predicted molar refractivity (Wildman–Crippen MR) is 65.0 cm³/mol. The van der Waals surface area contributed by atoms with Crippen molar-refractivity contribution < 1.29 is 4.39 Å². The Labute approximate surface area is 96.2 Å². The van der Waals surface area contributed by atoms with Gasteiger partial charge in [-0.3, -0.25) is 0 Å². The average Bonchev–Trinajstić information content (AvgIpc) is 3.09. The van der Waals surface area contributed by atoms with E-state index in [1.54, 1.807) is 6.07 Å². The van der Waals surface area contributed by atoms with Crippen LogP contribution in [0.25, 0.3) is 0 Å². The van der Waals surface area contributed by atoms with E-state index in [9.17, 15) is 4.39 Å². The topological polar surface area (TPSA) is 29.3 Å². The van der Waals surface area contributed by atoms with E-state index < -0.39 is 0 Å². The van der Waals surface area contributed by atoms with Gasteiger partial charge in [-0.25, -0.2) is 4.39 Å². The number of rotatable bonds is 6. The van der Waals surface area contributed by atoms with E-state index in [4.69, 9.17) is 5.73 Å². The Kier molecular flexibility index (Phi) is 3.78. The van der Waals surface area contributed by atoms with Crippen LogP contribution in [0.3, 0.4) is 0 Å². The maximum atomic E-state index is 13.7. The van der Waals surface area contributed by atoms with Crippen molar-refractivity contribution in [3.8, 4) is 0 Å². The molecule has 0 amide bonds. The van der Waals surface area contributed by atoms with E-state index in [0.29, 0.717) is 6.54 Å². The SMILES string of the molecule is NCCCN(CC1CC1)c1ccccc1F. The fourth-order valence-electron chi connectivity index (χ4n) is 1.91. The largest absolute Gasteiger partial charge is 0.369 e. The summed E-state index contributed by atoms with van der Waals surface area (Å²) in [5.41, 5.74) is 6.24. The van der Waals surface area contributed by atoms with Gasteiger partial charge in [0.05, 0.1) is 5.69 Å². The standard InChI is InChI=1S/C13H19FN2/c14-12-4-1-2-5-13(12)16(9-3-8-15)10-11-6-7-11/h1-2,4-5,11H,3,6-10,15H2. The third-order valence-corrected chi connectivity index (χ3v) is 3.00. The first-order valence-corrected chi connectivity index (χ1v) is 6.01. The number of para-hydroxylation sites is 1. The summed E-state index contributed by atoms with van der Waals surface area (Å²) in [5.74, 6) is 0.637. The zero-order valence-electron chi connectivity index (χ0n) is 9.53. The summed E-state index contributed by atoms with van der Waals surface area (Å²) in [6.45, 7) is 2.49. The molecule has 1 aliphatic carbocycles. The Morgan fingerprint density at radius 3 is 2.69 bits per heavy atom. The lowest BCUT2D eigenvalue weighted by Gasteiger charge is -2.25. The highest BCUT2D eigenvalue weighted by Crippen LogP contribution is 2.32. The number of nitrogens with zero attached hydrogens (tertiary/aromatic N) is 1. The van der Waals surface area contributed by atoms with Gasteiger partial charge in [-0.2, -0.15) is 0 Å². The Bertz CT molecular complexity index is 336. The van der Waals surface area contributed by atoms with Gasteiger partial charge in [0, 0.05) is 13.1 Å². The quantitative estimate of drug-likeness (QED) is 0.800. The van der Waals surface area contributed by atoms with Gasteiger partial charge in [0.2, 0.25) is 0 Å². The van der Waals surface area contributed by atoms with Gasteiger partial charge < -0.3 is 10.6 Å². The van der Waals surface area contributed by atoms with Gasteiger partial charge >= 0.3 is 0 Å². The first-order valence-electron chi connectivity index (χ1n) is 6.01. The number of benzene rings is 1. The third-order valence-electron chi connectivity index (χ3n) is 3.00. The summed E-state index contributed by atoms with van der Waals surface area (Å²) >= 11 is 0. The van der Waals surface area contributed by atoms with E-state index >= 15 is 0 Å². The van der Waals surface area contributed by atoms with Gasteiger partial charge in [-0.1, -0.05) is 12.1 Å². The molecule has 3 heteroatoms. The minimum Gasteiger partial charge on any atom is -0.369 e. The Morgan fingerprint density at radius 2 is 2.06 bits per heavy atom. The molecule has 2 nitrogen and oxygen atoms in total. The average molecular weight is 222 g/mol. The van der Waals surface area contributed by atoms with E-state index in [2.05, 4.69) is 4.90 Å². The smallest absolute Gasteiger partial charge is 0.146 e. The van der Waals surface area contributed by atoms with Crippen LogP contribution in [0, 0.1) is 11.7 Å². The molecule has 88 valence electrons. The van der Waals surface area contributed by atoms with Crippen LogP contribution in [0.1, 0.15) is 19.3 Å². The summed E-state index contributed by atoms with van der Waals surface area (Å²) in [6, 6.07) is 7.00. The highest BCUT2D eigenvalue weighted by Gasteiger charge is 2.25. The van der Waals surface area contributed by atoms with E-state index in [1.807, 2.05) is 12.1 Å². The van der Waals surface area contributed by atoms with Crippen LogP contribution in [0.5, 0.6) is 0 Å². The number of halogens is 1.